The first kappa shape index (κ1) is 10.5. The molecule has 15 heavy (non-hydrogen) atoms. The molecule has 82 valence electrons. The molecule has 2 rings (SSSR count). The van der Waals surface area contributed by atoms with E-state index in [1.807, 2.05) is 6.07 Å². The van der Waals surface area contributed by atoms with Crippen molar-refractivity contribution in [3.63, 3.8) is 0 Å². The maximum Gasteiger partial charge on any atom is 0.0340 e. The predicted molar refractivity (Wildman–Crippen MR) is 65.2 cm³/mol. The SMILES string of the molecule is CC1(NCCNc2ccccc2)CCC1. The number of hydrogen-bond donors (Lipinski definition) is 2. The lowest BCUT2D eigenvalue weighted by Crippen LogP contribution is -2.49. The third-order valence-corrected chi connectivity index (χ3v) is 3.24. The second-order valence-electron chi connectivity index (χ2n) is 4.63. The highest BCUT2D eigenvalue weighted by Gasteiger charge is 2.30. The van der Waals surface area contributed by atoms with Crippen molar-refractivity contribution in [2.24, 2.45) is 0 Å². The van der Waals surface area contributed by atoms with Crippen LogP contribution in [-0.4, -0.2) is 18.6 Å². The van der Waals surface area contributed by atoms with Crippen LogP contribution in [0, 0.1) is 0 Å². The zero-order chi connectivity index (χ0) is 10.6. The van der Waals surface area contributed by atoms with E-state index in [1.54, 1.807) is 0 Å². The van der Waals surface area contributed by atoms with Crippen molar-refractivity contribution in [3.8, 4) is 0 Å². The fourth-order valence-electron chi connectivity index (χ4n) is 2.01. The van der Waals surface area contributed by atoms with Crippen LogP contribution in [0.25, 0.3) is 0 Å². The lowest BCUT2D eigenvalue weighted by molar-refractivity contribution is 0.212. The Morgan fingerprint density at radius 1 is 1.13 bits per heavy atom. The Balaban J connectivity index is 1.63. The molecule has 1 saturated carbocycles. The van der Waals surface area contributed by atoms with Crippen molar-refractivity contribution in [2.45, 2.75) is 31.7 Å². The molecule has 1 aliphatic carbocycles. The molecule has 1 aromatic carbocycles. The second-order valence-corrected chi connectivity index (χ2v) is 4.63. The summed E-state index contributed by atoms with van der Waals surface area (Å²) in [6.07, 6.45) is 4.05. The highest BCUT2D eigenvalue weighted by molar-refractivity contribution is 5.42. The molecule has 0 amide bonds. The predicted octanol–water partition coefficient (Wildman–Crippen LogP) is 2.63. The molecule has 0 heterocycles. The molecule has 1 fully saturated rings. The Morgan fingerprint density at radius 2 is 1.87 bits per heavy atom. The van der Waals surface area contributed by atoms with Gasteiger partial charge in [-0.2, -0.15) is 0 Å². The van der Waals surface area contributed by atoms with E-state index in [-0.39, 0.29) is 0 Å². The molecule has 0 atom stereocenters. The van der Waals surface area contributed by atoms with Crippen molar-refractivity contribution < 1.29 is 0 Å². The Hall–Kier alpha value is -1.02. The minimum absolute atomic E-state index is 0.429. The first-order valence-electron chi connectivity index (χ1n) is 5.82. The van der Waals surface area contributed by atoms with Gasteiger partial charge in [-0.15, -0.1) is 0 Å². The van der Waals surface area contributed by atoms with Gasteiger partial charge in [-0.1, -0.05) is 18.2 Å². The number of benzene rings is 1. The third-order valence-electron chi connectivity index (χ3n) is 3.24. The minimum Gasteiger partial charge on any atom is -0.384 e. The van der Waals surface area contributed by atoms with Gasteiger partial charge in [-0.3, -0.25) is 0 Å². The highest BCUT2D eigenvalue weighted by Crippen LogP contribution is 2.30. The molecule has 0 radical (unpaired) electrons. The zero-order valence-electron chi connectivity index (χ0n) is 9.42. The van der Waals surface area contributed by atoms with Gasteiger partial charge in [0.25, 0.3) is 0 Å². The van der Waals surface area contributed by atoms with Gasteiger partial charge in [0, 0.05) is 24.3 Å². The summed E-state index contributed by atoms with van der Waals surface area (Å²) in [5, 5.41) is 7.01. The molecule has 0 aromatic heterocycles. The number of para-hydroxylation sites is 1. The van der Waals surface area contributed by atoms with E-state index >= 15 is 0 Å². The average molecular weight is 204 g/mol. The van der Waals surface area contributed by atoms with Gasteiger partial charge in [0.15, 0.2) is 0 Å². The molecule has 1 aliphatic rings. The number of anilines is 1. The minimum atomic E-state index is 0.429. The summed E-state index contributed by atoms with van der Waals surface area (Å²) in [7, 11) is 0. The van der Waals surface area contributed by atoms with Crippen LogP contribution in [0.4, 0.5) is 5.69 Å². The summed E-state index contributed by atoms with van der Waals surface area (Å²) in [5.41, 5.74) is 1.64. The van der Waals surface area contributed by atoms with Crippen LogP contribution in [0.5, 0.6) is 0 Å². The Bertz CT molecular complexity index is 291. The Morgan fingerprint density at radius 3 is 2.47 bits per heavy atom. The van der Waals surface area contributed by atoms with Crippen LogP contribution in [-0.2, 0) is 0 Å². The second kappa shape index (κ2) is 4.67. The van der Waals surface area contributed by atoms with Crippen molar-refractivity contribution in [1.29, 1.82) is 0 Å². The van der Waals surface area contributed by atoms with Gasteiger partial charge >= 0.3 is 0 Å². The van der Waals surface area contributed by atoms with Gasteiger partial charge in [-0.25, -0.2) is 0 Å². The van der Waals surface area contributed by atoms with E-state index in [2.05, 4.69) is 41.8 Å². The summed E-state index contributed by atoms with van der Waals surface area (Å²) in [5.74, 6) is 0. The van der Waals surface area contributed by atoms with Crippen LogP contribution >= 0.6 is 0 Å². The topological polar surface area (TPSA) is 24.1 Å². The van der Waals surface area contributed by atoms with Gasteiger partial charge in [0.1, 0.15) is 0 Å². The van der Waals surface area contributed by atoms with Crippen LogP contribution in [0.2, 0.25) is 0 Å². The molecule has 0 unspecified atom stereocenters. The number of hydrogen-bond acceptors (Lipinski definition) is 2. The molecule has 2 heteroatoms. The van der Waals surface area contributed by atoms with E-state index in [0.29, 0.717) is 5.54 Å². The molecule has 0 spiro atoms. The Kier molecular flexibility index (Phi) is 3.27. The van der Waals surface area contributed by atoms with E-state index in [1.165, 1.54) is 24.9 Å². The van der Waals surface area contributed by atoms with Crippen molar-refractivity contribution in [3.05, 3.63) is 30.3 Å². The lowest BCUT2D eigenvalue weighted by Gasteiger charge is -2.39. The molecule has 0 bridgehead atoms. The van der Waals surface area contributed by atoms with Crippen LogP contribution in [0.3, 0.4) is 0 Å². The largest absolute Gasteiger partial charge is 0.384 e. The maximum atomic E-state index is 3.60. The summed E-state index contributed by atoms with van der Waals surface area (Å²) in [6.45, 7) is 4.37. The number of rotatable bonds is 5. The first-order valence-corrected chi connectivity index (χ1v) is 5.82. The molecular weight excluding hydrogens is 184 g/mol. The molecule has 2 N–H and O–H groups in total. The normalized spacial score (nSPS) is 18.2. The fourth-order valence-corrected chi connectivity index (χ4v) is 2.01. The average Bonchev–Trinajstić information content (AvgIpc) is 2.23. The van der Waals surface area contributed by atoms with Crippen LogP contribution in [0.15, 0.2) is 30.3 Å². The number of nitrogens with one attached hydrogen (secondary N) is 2. The van der Waals surface area contributed by atoms with Crippen molar-refractivity contribution in [1.82, 2.24) is 5.32 Å². The van der Waals surface area contributed by atoms with Gasteiger partial charge < -0.3 is 10.6 Å². The van der Waals surface area contributed by atoms with E-state index in [9.17, 15) is 0 Å². The molecule has 2 nitrogen and oxygen atoms in total. The van der Waals surface area contributed by atoms with Crippen molar-refractivity contribution in [2.75, 3.05) is 18.4 Å². The van der Waals surface area contributed by atoms with Gasteiger partial charge in [0.2, 0.25) is 0 Å². The van der Waals surface area contributed by atoms with Crippen LogP contribution < -0.4 is 10.6 Å². The molecular formula is C13H20N2. The van der Waals surface area contributed by atoms with Gasteiger partial charge in [-0.05, 0) is 38.3 Å². The van der Waals surface area contributed by atoms with E-state index in [0.717, 1.165) is 13.1 Å². The van der Waals surface area contributed by atoms with E-state index < -0.39 is 0 Å². The summed E-state index contributed by atoms with van der Waals surface area (Å²) >= 11 is 0. The quantitative estimate of drug-likeness (QED) is 0.720. The summed E-state index contributed by atoms with van der Waals surface area (Å²) < 4.78 is 0. The first-order chi connectivity index (χ1) is 7.29. The summed E-state index contributed by atoms with van der Waals surface area (Å²) in [6, 6.07) is 10.4. The monoisotopic (exact) mass is 204 g/mol. The van der Waals surface area contributed by atoms with E-state index in [4.69, 9.17) is 0 Å². The Labute approximate surface area is 92.1 Å². The molecule has 0 aliphatic heterocycles. The molecule has 0 saturated heterocycles. The standard InChI is InChI=1S/C13H20N2/c1-13(8-5-9-13)15-11-10-14-12-6-3-2-4-7-12/h2-4,6-7,14-15H,5,8-11H2,1H3. The van der Waals surface area contributed by atoms with Crippen molar-refractivity contribution >= 4 is 5.69 Å². The highest BCUT2D eigenvalue weighted by atomic mass is 15.0. The third kappa shape index (κ3) is 2.96. The zero-order valence-corrected chi connectivity index (χ0v) is 9.42. The smallest absolute Gasteiger partial charge is 0.0340 e. The fraction of sp³-hybridized carbons (Fsp3) is 0.538. The lowest BCUT2D eigenvalue weighted by atomic mass is 9.78. The van der Waals surface area contributed by atoms with Crippen LogP contribution in [0.1, 0.15) is 26.2 Å². The summed E-state index contributed by atoms with van der Waals surface area (Å²) in [4.78, 5) is 0. The van der Waals surface area contributed by atoms with Gasteiger partial charge in [0.05, 0.1) is 0 Å². The molecule has 1 aromatic rings. The maximum absolute atomic E-state index is 3.60.